The van der Waals surface area contributed by atoms with Crippen molar-refractivity contribution >= 4 is 29.0 Å². The molecule has 0 bridgehead atoms. The van der Waals surface area contributed by atoms with E-state index in [9.17, 15) is 4.79 Å². The highest BCUT2D eigenvalue weighted by atomic mass is 35.5. The quantitative estimate of drug-likeness (QED) is 0.940. The number of anilines is 2. The topological polar surface area (TPSA) is 45.2 Å². The molecule has 22 heavy (non-hydrogen) atoms. The molecule has 1 aliphatic heterocycles. The lowest BCUT2D eigenvalue weighted by atomic mass is 10.2. The zero-order chi connectivity index (χ0) is 15.5. The van der Waals surface area contributed by atoms with Gasteiger partial charge in [0.05, 0.1) is 0 Å². The Bertz CT molecular complexity index is 655. The minimum atomic E-state index is -0.163. The van der Waals surface area contributed by atoms with E-state index in [0.717, 1.165) is 30.6 Å². The van der Waals surface area contributed by atoms with Crippen LogP contribution in [0.3, 0.4) is 0 Å². The van der Waals surface area contributed by atoms with Gasteiger partial charge in [0.1, 0.15) is 11.9 Å². The number of nitrogens with one attached hydrogen (secondary N) is 1. The number of aromatic nitrogens is 1. The van der Waals surface area contributed by atoms with Crippen molar-refractivity contribution in [2.75, 3.05) is 16.8 Å². The van der Waals surface area contributed by atoms with Crippen LogP contribution in [0.5, 0.6) is 0 Å². The molecule has 5 heteroatoms. The molecule has 3 rings (SSSR count). The van der Waals surface area contributed by atoms with Crippen molar-refractivity contribution in [2.45, 2.75) is 25.8 Å². The molecule has 1 atom stereocenters. The van der Waals surface area contributed by atoms with E-state index < -0.39 is 0 Å². The van der Waals surface area contributed by atoms with E-state index in [2.05, 4.69) is 15.2 Å². The summed E-state index contributed by atoms with van der Waals surface area (Å²) in [5.41, 5.74) is 2.10. The maximum absolute atomic E-state index is 12.5. The van der Waals surface area contributed by atoms with Crippen molar-refractivity contribution in [3.05, 3.63) is 53.2 Å². The maximum atomic E-state index is 12.5. The Morgan fingerprint density at radius 3 is 2.73 bits per heavy atom. The number of nitrogens with zero attached hydrogens (tertiary/aromatic N) is 2. The fourth-order valence-electron chi connectivity index (χ4n) is 2.73. The van der Waals surface area contributed by atoms with E-state index in [0.29, 0.717) is 10.8 Å². The minimum absolute atomic E-state index is 0.0104. The summed E-state index contributed by atoms with van der Waals surface area (Å²) in [6.07, 6.45) is 3.60. The van der Waals surface area contributed by atoms with Gasteiger partial charge in [-0.05, 0) is 55.7 Å². The predicted molar refractivity (Wildman–Crippen MR) is 89.4 cm³/mol. The molecule has 0 spiro atoms. The van der Waals surface area contributed by atoms with Crippen molar-refractivity contribution < 1.29 is 4.79 Å². The molecule has 1 N–H and O–H groups in total. The summed E-state index contributed by atoms with van der Waals surface area (Å²) in [5.74, 6) is 0.586. The number of halogens is 1. The minimum Gasteiger partial charge on any atom is -0.360 e. The van der Waals surface area contributed by atoms with E-state index in [1.54, 1.807) is 6.20 Å². The van der Waals surface area contributed by atoms with Gasteiger partial charge in [0.25, 0.3) is 0 Å². The number of carbonyl (C=O) groups is 1. The van der Waals surface area contributed by atoms with E-state index in [1.165, 1.54) is 0 Å². The Balaban J connectivity index is 1.73. The summed E-state index contributed by atoms with van der Waals surface area (Å²) in [7, 11) is 0. The lowest BCUT2D eigenvalue weighted by Crippen LogP contribution is -2.39. The monoisotopic (exact) mass is 315 g/mol. The van der Waals surface area contributed by atoms with Crippen LogP contribution in [-0.4, -0.2) is 23.5 Å². The largest absolute Gasteiger partial charge is 0.360 e. The van der Waals surface area contributed by atoms with Crippen LogP contribution in [-0.2, 0) is 4.79 Å². The van der Waals surface area contributed by atoms with Gasteiger partial charge in [-0.3, -0.25) is 4.79 Å². The molecule has 114 valence electrons. The van der Waals surface area contributed by atoms with Gasteiger partial charge < -0.3 is 10.2 Å². The SMILES string of the molecule is Cc1ccc(NC(=O)C2CCCN2c2ccc(Cl)cc2)nc1. The second kappa shape index (κ2) is 6.36. The molecular formula is C17H18ClN3O. The van der Waals surface area contributed by atoms with Crippen LogP contribution >= 0.6 is 11.6 Å². The second-order valence-corrected chi connectivity index (χ2v) is 5.97. The Morgan fingerprint density at radius 1 is 1.27 bits per heavy atom. The lowest BCUT2D eigenvalue weighted by Gasteiger charge is -2.25. The number of hydrogen-bond acceptors (Lipinski definition) is 3. The van der Waals surface area contributed by atoms with Gasteiger partial charge in [-0.1, -0.05) is 17.7 Å². The molecule has 4 nitrogen and oxygen atoms in total. The van der Waals surface area contributed by atoms with Gasteiger partial charge >= 0.3 is 0 Å². The maximum Gasteiger partial charge on any atom is 0.248 e. The van der Waals surface area contributed by atoms with Gasteiger partial charge in [0.2, 0.25) is 5.91 Å². The number of amides is 1. The lowest BCUT2D eigenvalue weighted by molar-refractivity contribution is -0.117. The van der Waals surface area contributed by atoms with Crippen LogP contribution in [0, 0.1) is 6.92 Å². The molecule has 1 saturated heterocycles. The highest BCUT2D eigenvalue weighted by Crippen LogP contribution is 2.27. The van der Waals surface area contributed by atoms with Crippen molar-refractivity contribution in [3.8, 4) is 0 Å². The molecular weight excluding hydrogens is 298 g/mol. The van der Waals surface area contributed by atoms with Crippen LogP contribution in [0.1, 0.15) is 18.4 Å². The smallest absolute Gasteiger partial charge is 0.248 e. The van der Waals surface area contributed by atoms with Crippen molar-refractivity contribution in [3.63, 3.8) is 0 Å². The summed E-state index contributed by atoms with van der Waals surface area (Å²) in [5, 5.41) is 3.61. The highest BCUT2D eigenvalue weighted by molar-refractivity contribution is 6.30. The van der Waals surface area contributed by atoms with Crippen LogP contribution in [0.25, 0.3) is 0 Å². The highest BCUT2D eigenvalue weighted by Gasteiger charge is 2.31. The Morgan fingerprint density at radius 2 is 2.05 bits per heavy atom. The van der Waals surface area contributed by atoms with Gasteiger partial charge in [0.15, 0.2) is 0 Å². The number of hydrogen-bond donors (Lipinski definition) is 1. The Kier molecular flexibility index (Phi) is 4.29. The van der Waals surface area contributed by atoms with Gasteiger partial charge in [0, 0.05) is 23.5 Å². The third-order valence-electron chi connectivity index (χ3n) is 3.88. The predicted octanol–water partition coefficient (Wildman–Crippen LogP) is 3.65. The zero-order valence-corrected chi connectivity index (χ0v) is 13.2. The number of carbonyl (C=O) groups excluding carboxylic acids is 1. The molecule has 1 aliphatic rings. The summed E-state index contributed by atoms with van der Waals surface area (Å²) < 4.78 is 0. The van der Waals surface area contributed by atoms with Gasteiger partial charge in [-0.2, -0.15) is 0 Å². The molecule has 1 aromatic heterocycles. The first-order chi connectivity index (χ1) is 10.6. The molecule has 0 aliphatic carbocycles. The first-order valence-electron chi connectivity index (χ1n) is 7.39. The molecule has 2 heterocycles. The third kappa shape index (κ3) is 3.22. The zero-order valence-electron chi connectivity index (χ0n) is 12.4. The first kappa shape index (κ1) is 14.9. The van der Waals surface area contributed by atoms with E-state index >= 15 is 0 Å². The van der Waals surface area contributed by atoms with Crippen LogP contribution < -0.4 is 10.2 Å². The first-order valence-corrected chi connectivity index (χ1v) is 7.77. The molecule has 0 saturated carbocycles. The summed E-state index contributed by atoms with van der Waals surface area (Å²) in [6.45, 7) is 2.85. The van der Waals surface area contributed by atoms with E-state index in [4.69, 9.17) is 11.6 Å². The average Bonchev–Trinajstić information content (AvgIpc) is 3.00. The van der Waals surface area contributed by atoms with Crippen molar-refractivity contribution in [2.24, 2.45) is 0 Å². The van der Waals surface area contributed by atoms with Crippen LogP contribution in [0.15, 0.2) is 42.6 Å². The standard InChI is InChI=1S/C17H18ClN3O/c1-12-4-9-16(19-11-12)20-17(22)15-3-2-10-21(15)14-7-5-13(18)6-8-14/h4-9,11,15H,2-3,10H2,1H3,(H,19,20,22). The Labute approximate surface area is 135 Å². The third-order valence-corrected chi connectivity index (χ3v) is 4.13. The molecule has 0 radical (unpaired) electrons. The summed E-state index contributed by atoms with van der Waals surface area (Å²) in [4.78, 5) is 18.9. The Hall–Kier alpha value is -2.07. The molecule has 2 aromatic rings. The molecule has 1 unspecified atom stereocenters. The number of benzene rings is 1. The number of aryl methyl sites for hydroxylation is 1. The average molecular weight is 316 g/mol. The van der Waals surface area contributed by atoms with Crippen molar-refractivity contribution in [1.82, 2.24) is 4.98 Å². The summed E-state index contributed by atoms with van der Waals surface area (Å²) in [6, 6.07) is 11.2. The molecule has 1 fully saturated rings. The normalized spacial score (nSPS) is 17.5. The van der Waals surface area contributed by atoms with E-state index in [1.807, 2.05) is 43.3 Å². The fourth-order valence-corrected chi connectivity index (χ4v) is 2.86. The summed E-state index contributed by atoms with van der Waals surface area (Å²) >= 11 is 5.93. The van der Waals surface area contributed by atoms with Crippen LogP contribution in [0.2, 0.25) is 5.02 Å². The second-order valence-electron chi connectivity index (χ2n) is 5.54. The molecule has 1 amide bonds. The van der Waals surface area contributed by atoms with Gasteiger partial charge in [-0.25, -0.2) is 4.98 Å². The number of pyridine rings is 1. The van der Waals surface area contributed by atoms with Crippen LogP contribution in [0.4, 0.5) is 11.5 Å². The number of rotatable bonds is 3. The van der Waals surface area contributed by atoms with E-state index in [-0.39, 0.29) is 11.9 Å². The van der Waals surface area contributed by atoms with Crippen molar-refractivity contribution in [1.29, 1.82) is 0 Å². The molecule has 1 aromatic carbocycles. The van der Waals surface area contributed by atoms with Gasteiger partial charge in [-0.15, -0.1) is 0 Å². The fraction of sp³-hybridized carbons (Fsp3) is 0.294.